The SMILES string of the molecule is CCn1c(OC)nnc1[C@@H](C)NS(=O)(=O)c1cc(Br)c(Cl)s1. The molecule has 2 heterocycles. The summed E-state index contributed by atoms with van der Waals surface area (Å²) in [4.78, 5) is 0. The van der Waals surface area contributed by atoms with E-state index in [-0.39, 0.29) is 4.21 Å². The first-order valence-corrected chi connectivity index (χ1v) is 9.71. The number of ether oxygens (including phenoxy) is 1. The van der Waals surface area contributed by atoms with Gasteiger partial charge in [0, 0.05) is 11.0 Å². The largest absolute Gasteiger partial charge is 0.467 e. The standard InChI is InChI=1S/C11H14BrClN4O3S2/c1-4-17-10(14-15-11(17)20-3)6(2)16-22(18,19)8-5-7(12)9(13)21-8/h5-6,16H,4H2,1-3H3/t6-/m1/s1. The maximum atomic E-state index is 12.4. The summed E-state index contributed by atoms with van der Waals surface area (Å²) in [6.45, 7) is 4.15. The van der Waals surface area contributed by atoms with E-state index >= 15 is 0 Å². The molecular weight excluding hydrogens is 416 g/mol. The molecule has 0 amide bonds. The lowest BCUT2D eigenvalue weighted by Gasteiger charge is -2.14. The van der Waals surface area contributed by atoms with E-state index in [9.17, 15) is 8.42 Å². The van der Waals surface area contributed by atoms with Crippen LogP contribution in [-0.4, -0.2) is 30.3 Å². The number of rotatable bonds is 6. The van der Waals surface area contributed by atoms with E-state index in [1.165, 1.54) is 13.2 Å². The number of hydrogen-bond acceptors (Lipinski definition) is 6. The van der Waals surface area contributed by atoms with E-state index in [1.807, 2.05) is 6.92 Å². The molecule has 0 aliphatic carbocycles. The Hall–Kier alpha value is -0.680. The van der Waals surface area contributed by atoms with Gasteiger partial charge in [0.2, 0.25) is 0 Å². The Balaban J connectivity index is 2.28. The van der Waals surface area contributed by atoms with Crippen molar-refractivity contribution in [2.24, 2.45) is 0 Å². The Labute approximate surface area is 145 Å². The highest BCUT2D eigenvalue weighted by molar-refractivity contribution is 9.10. The first-order valence-electron chi connectivity index (χ1n) is 6.24. The number of nitrogens with zero attached hydrogens (tertiary/aromatic N) is 3. The minimum Gasteiger partial charge on any atom is -0.467 e. The zero-order chi connectivity index (χ0) is 16.5. The third-order valence-corrected chi connectivity index (χ3v) is 7.34. The number of hydrogen-bond donors (Lipinski definition) is 1. The van der Waals surface area contributed by atoms with Gasteiger partial charge in [-0.15, -0.1) is 16.4 Å². The molecule has 0 saturated heterocycles. The zero-order valence-corrected chi connectivity index (χ0v) is 16.0. The van der Waals surface area contributed by atoms with Crippen LogP contribution in [0.5, 0.6) is 6.01 Å². The van der Waals surface area contributed by atoms with Crippen LogP contribution in [0.15, 0.2) is 14.7 Å². The molecule has 0 aromatic carbocycles. The molecule has 0 spiro atoms. The summed E-state index contributed by atoms with van der Waals surface area (Å²) >= 11 is 10.1. The lowest BCUT2D eigenvalue weighted by Crippen LogP contribution is -2.28. The van der Waals surface area contributed by atoms with E-state index in [2.05, 4.69) is 30.8 Å². The summed E-state index contributed by atoms with van der Waals surface area (Å²) in [7, 11) is -2.21. The third-order valence-electron chi connectivity index (χ3n) is 2.85. The van der Waals surface area contributed by atoms with Crippen molar-refractivity contribution in [1.29, 1.82) is 0 Å². The molecule has 0 unspecified atom stereocenters. The van der Waals surface area contributed by atoms with Crippen molar-refractivity contribution in [2.75, 3.05) is 7.11 Å². The van der Waals surface area contributed by atoms with Crippen LogP contribution in [0.1, 0.15) is 25.7 Å². The molecule has 0 radical (unpaired) electrons. The van der Waals surface area contributed by atoms with Crippen LogP contribution in [0, 0.1) is 0 Å². The molecule has 22 heavy (non-hydrogen) atoms. The highest BCUT2D eigenvalue weighted by Crippen LogP contribution is 2.35. The average Bonchev–Trinajstić information content (AvgIpc) is 3.02. The molecule has 1 N–H and O–H groups in total. The number of methoxy groups -OCH3 is 1. The van der Waals surface area contributed by atoms with Crippen LogP contribution >= 0.6 is 38.9 Å². The van der Waals surface area contributed by atoms with Gasteiger partial charge in [0.05, 0.1) is 13.2 Å². The predicted molar refractivity (Wildman–Crippen MR) is 88.0 cm³/mol. The summed E-state index contributed by atoms with van der Waals surface area (Å²) in [6.07, 6.45) is 0. The highest BCUT2D eigenvalue weighted by atomic mass is 79.9. The van der Waals surface area contributed by atoms with Crippen molar-refractivity contribution in [1.82, 2.24) is 19.5 Å². The van der Waals surface area contributed by atoms with Crippen molar-refractivity contribution in [3.05, 3.63) is 20.7 Å². The molecule has 11 heteroatoms. The number of sulfonamides is 1. The smallest absolute Gasteiger partial charge is 0.316 e. The van der Waals surface area contributed by atoms with Gasteiger partial charge in [0.25, 0.3) is 10.0 Å². The van der Waals surface area contributed by atoms with Gasteiger partial charge in [-0.3, -0.25) is 4.57 Å². The van der Waals surface area contributed by atoms with E-state index < -0.39 is 16.1 Å². The van der Waals surface area contributed by atoms with E-state index in [0.29, 0.717) is 27.2 Å². The molecule has 1 atom stereocenters. The van der Waals surface area contributed by atoms with Gasteiger partial charge in [0.1, 0.15) is 8.55 Å². The zero-order valence-electron chi connectivity index (χ0n) is 12.0. The molecule has 0 aliphatic rings. The maximum absolute atomic E-state index is 12.4. The van der Waals surface area contributed by atoms with Crippen LogP contribution < -0.4 is 9.46 Å². The van der Waals surface area contributed by atoms with E-state index in [1.54, 1.807) is 11.5 Å². The molecular formula is C11H14BrClN4O3S2. The third kappa shape index (κ3) is 3.46. The van der Waals surface area contributed by atoms with Crippen LogP contribution in [0.25, 0.3) is 0 Å². The number of halogens is 2. The number of nitrogens with one attached hydrogen (secondary N) is 1. The van der Waals surface area contributed by atoms with E-state index in [0.717, 1.165) is 11.3 Å². The fourth-order valence-electron chi connectivity index (χ4n) is 1.87. The van der Waals surface area contributed by atoms with Crippen LogP contribution in [-0.2, 0) is 16.6 Å². The van der Waals surface area contributed by atoms with Crippen molar-refractivity contribution in [3.63, 3.8) is 0 Å². The van der Waals surface area contributed by atoms with Gasteiger partial charge in [-0.05, 0) is 35.8 Å². The van der Waals surface area contributed by atoms with Gasteiger partial charge in [0.15, 0.2) is 5.82 Å². The monoisotopic (exact) mass is 428 g/mol. The summed E-state index contributed by atoms with van der Waals surface area (Å²) in [6, 6.07) is 1.24. The van der Waals surface area contributed by atoms with E-state index in [4.69, 9.17) is 16.3 Å². The summed E-state index contributed by atoms with van der Waals surface area (Å²) < 4.78 is 35.2. The Morgan fingerprint density at radius 1 is 1.55 bits per heavy atom. The summed E-state index contributed by atoms with van der Waals surface area (Å²) in [5, 5.41) is 7.86. The van der Waals surface area contributed by atoms with Gasteiger partial charge < -0.3 is 4.74 Å². The Kier molecular flexibility index (Phi) is 5.49. The van der Waals surface area contributed by atoms with Crippen LogP contribution in [0.4, 0.5) is 0 Å². The lowest BCUT2D eigenvalue weighted by atomic mass is 10.3. The van der Waals surface area contributed by atoms with Gasteiger partial charge in [-0.2, -0.15) is 4.72 Å². The van der Waals surface area contributed by atoms with Crippen molar-refractivity contribution in [2.45, 2.75) is 30.6 Å². The molecule has 2 aromatic rings. The number of thiophene rings is 1. The maximum Gasteiger partial charge on any atom is 0.316 e. The van der Waals surface area contributed by atoms with Crippen molar-refractivity contribution < 1.29 is 13.2 Å². The Bertz CT molecular complexity index is 755. The van der Waals surface area contributed by atoms with Gasteiger partial charge in [-0.25, -0.2) is 8.42 Å². The van der Waals surface area contributed by atoms with Gasteiger partial charge >= 0.3 is 6.01 Å². The minimum absolute atomic E-state index is 0.130. The Morgan fingerprint density at radius 2 is 2.23 bits per heavy atom. The quantitative estimate of drug-likeness (QED) is 0.763. The number of aromatic nitrogens is 3. The van der Waals surface area contributed by atoms with Crippen LogP contribution in [0.2, 0.25) is 4.34 Å². The fourth-order valence-corrected chi connectivity index (χ4v) is 5.39. The second-order valence-corrected chi connectivity index (χ2v) is 8.77. The molecule has 7 nitrogen and oxygen atoms in total. The molecule has 0 bridgehead atoms. The van der Waals surface area contributed by atoms with Crippen molar-refractivity contribution >= 4 is 48.9 Å². The average molecular weight is 430 g/mol. The summed E-state index contributed by atoms with van der Waals surface area (Å²) in [5.74, 6) is 0.477. The van der Waals surface area contributed by atoms with Gasteiger partial charge in [-0.1, -0.05) is 16.7 Å². The highest BCUT2D eigenvalue weighted by Gasteiger charge is 2.25. The van der Waals surface area contributed by atoms with Crippen LogP contribution in [0.3, 0.4) is 0 Å². The molecule has 0 aliphatic heterocycles. The lowest BCUT2D eigenvalue weighted by molar-refractivity contribution is 0.354. The molecule has 0 fully saturated rings. The first kappa shape index (κ1) is 17.7. The minimum atomic E-state index is -3.70. The van der Waals surface area contributed by atoms with Crippen molar-refractivity contribution in [3.8, 4) is 6.01 Å². The Morgan fingerprint density at radius 3 is 2.73 bits per heavy atom. The molecule has 2 rings (SSSR count). The molecule has 0 saturated carbocycles. The second kappa shape index (κ2) is 6.83. The normalized spacial score (nSPS) is 13.3. The first-order chi connectivity index (χ1) is 10.3. The topological polar surface area (TPSA) is 86.1 Å². The predicted octanol–water partition coefficient (Wildman–Crippen LogP) is 2.82. The molecule has 2 aromatic heterocycles. The summed E-state index contributed by atoms with van der Waals surface area (Å²) in [5.41, 5.74) is 0. The fraction of sp³-hybridized carbons (Fsp3) is 0.455. The second-order valence-electron chi connectivity index (χ2n) is 4.32. The molecule has 122 valence electrons.